The number of likely N-dealkylation sites (tertiary alicyclic amines) is 1. The van der Waals surface area contributed by atoms with E-state index >= 15 is 0 Å². The molecular weight excluding hydrogens is 361 g/mol. The topological polar surface area (TPSA) is 53.6 Å². The first-order valence-electron chi connectivity index (χ1n) is 8.65. The van der Waals surface area contributed by atoms with Crippen LogP contribution >= 0.6 is 24.8 Å². The average molecular weight is 390 g/mol. The lowest BCUT2D eigenvalue weighted by Gasteiger charge is -2.29. The van der Waals surface area contributed by atoms with E-state index in [1.807, 2.05) is 6.92 Å². The number of morpholine rings is 1. The SMILES string of the molecule is C[C@H]1OCCN[C@@H]1C(=O)NCc1cccc(CN2CCCC2)c1.Cl.Cl. The van der Waals surface area contributed by atoms with Gasteiger partial charge in [-0.2, -0.15) is 0 Å². The lowest BCUT2D eigenvalue weighted by molar-refractivity contribution is -0.129. The average Bonchev–Trinajstić information content (AvgIpc) is 3.06. The molecule has 2 N–H and O–H groups in total. The van der Waals surface area contributed by atoms with E-state index in [1.54, 1.807) is 0 Å². The number of carbonyl (C=O) groups is 1. The third kappa shape index (κ3) is 6.42. The fraction of sp³-hybridized carbons (Fsp3) is 0.611. The van der Waals surface area contributed by atoms with Crippen molar-refractivity contribution < 1.29 is 9.53 Å². The summed E-state index contributed by atoms with van der Waals surface area (Å²) >= 11 is 0. The monoisotopic (exact) mass is 389 g/mol. The van der Waals surface area contributed by atoms with Gasteiger partial charge in [0.2, 0.25) is 5.91 Å². The van der Waals surface area contributed by atoms with Crippen LogP contribution in [0.3, 0.4) is 0 Å². The summed E-state index contributed by atoms with van der Waals surface area (Å²) in [5.41, 5.74) is 2.48. The quantitative estimate of drug-likeness (QED) is 0.809. The van der Waals surface area contributed by atoms with Gasteiger partial charge in [-0.05, 0) is 44.0 Å². The van der Waals surface area contributed by atoms with E-state index in [-0.39, 0.29) is 42.9 Å². The Morgan fingerprint density at radius 3 is 2.72 bits per heavy atom. The fourth-order valence-corrected chi connectivity index (χ4v) is 3.36. The molecule has 0 unspecified atom stereocenters. The molecule has 0 aromatic heterocycles. The molecular formula is C18H29Cl2N3O2. The minimum absolute atomic E-state index is 0. The first-order valence-corrected chi connectivity index (χ1v) is 8.65. The van der Waals surface area contributed by atoms with Gasteiger partial charge in [0.15, 0.2) is 0 Å². The van der Waals surface area contributed by atoms with Crippen LogP contribution in [0.1, 0.15) is 30.9 Å². The lowest BCUT2D eigenvalue weighted by Crippen LogP contribution is -2.55. The van der Waals surface area contributed by atoms with Gasteiger partial charge in [0.05, 0.1) is 12.7 Å². The normalized spacial score (nSPS) is 23.4. The van der Waals surface area contributed by atoms with Crippen molar-refractivity contribution in [1.82, 2.24) is 15.5 Å². The van der Waals surface area contributed by atoms with Crippen molar-refractivity contribution in [3.8, 4) is 0 Å². The highest BCUT2D eigenvalue weighted by atomic mass is 35.5. The van der Waals surface area contributed by atoms with Gasteiger partial charge >= 0.3 is 0 Å². The van der Waals surface area contributed by atoms with Crippen LogP contribution in [-0.2, 0) is 22.6 Å². The summed E-state index contributed by atoms with van der Waals surface area (Å²) in [6, 6.07) is 8.27. The highest BCUT2D eigenvalue weighted by molar-refractivity contribution is 5.85. The number of amides is 1. The minimum atomic E-state index is -0.253. The van der Waals surface area contributed by atoms with Gasteiger partial charge in [0.25, 0.3) is 0 Å². The molecule has 142 valence electrons. The van der Waals surface area contributed by atoms with E-state index in [9.17, 15) is 4.79 Å². The molecule has 5 nitrogen and oxygen atoms in total. The molecule has 7 heteroatoms. The molecule has 2 fully saturated rings. The summed E-state index contributed by atoms with van der Waals surface area (Å²) in [4.78, 5) is 14.8. The first kappa shape index (κ1) is 22.2. The Balaban J connectivity index is 0.00000156. The van der Waals surface area contributed by atoms with E-state index in [0.717, 1.165) is 18.7 Å². The molecule has 0 spiro atoms. The molecule has 2 atom stereocenters. The van der Waals surface area contributed by atoms with Crippen molar-refractivity contribution in [2.75, 3.05) is 26.2 Å². The summed E-state index contributed by atoms with van der Waals surface area (Å²) < 4.78 is 5.53. The Morgan fingerprint density at radius 1 is 1.28 bits per heavy atom. The Labute approximate surface area is 162 Å². The summed E-state index contributed by atoms with van der Waals surface area (Å²) in [6.45, 7) is 7.32. The number of nitrogens with one attached hydrogen (secondary N) is 2. The number of halogens is 2. The number of carbonyl (C=O) groups excluding carboxylic acids is 1. The zero-order chi connectivity index (χ0) is 16.1. The molecule has 0 bridgehead atoms. The van der Waals surface area contributed by atoms with E-state index in [0.29, 0.717) is 13.2 Å². The van der Waals surface area contributed by atoms with Gasteiger partial charge in [-0.3, -0.25) is 9.69 Å². The van der Waals surface area contributed by atoms with E-state index in [1.165, 1.54) is 31.5 Å². The predicted molar refractivity (Wildman–Crippen MR) is 105 cm³/mol. The van der Waals surface area contributed by atoms with Crippen LogP contribution in [0.15, 0.2) is 24.3 Å². The second-order valence-electron chi connectivity index (χ2n) is 6.53. The number of hydrogen-bond acceptors (Lipinski definition) is 4. The van der Waals surface area contributed by atoms with E-state index < -0.39 is 0 Å². The van der Waals surface area contributed by atoms with Crippen LogP contribution in [0.4, 0.5) is 0 Å². The van der Waals surface area contributed by atoms with Gasteiger partial charge in [-0.1, -0.05) is 24.3 Å². The molecule has 2 heterocycles. The summed E-state index contributed by atoms with van der Waals surface area (Å²) in [5.74, 6) is 0.0159. The van der Waals surface area contributed by atoms with Crippen LogP contribution < -0.4 is 10.6 Å². The number of nitrogens with zero attached hydrogens (tertiary/aromatic N) is 1. The lowest BCUT2D eigenvalue weighted by atomic mass is 10.1. The number of hydrogen-bond donors (Lipinski definition) is 2. The molecule has 2 aliphatic rings. The summed E-state index contributed by atoms with van der Waals surface area (Å²) in [5, 5.41) is 6.25. The Bertz CT molecular complexity index is 539. The molecule has 1 aromatic rings. The Kier molecular flexibility index (Phi) is 9.75. The molecule has 25 heavy (non-hydrogen) atoms. The molecule has 3 rings (SSSR count). The van der Waals surface area contributed by atoms with Gasteiger partial charge in [-0.25, -0.2) is 0 Å². The fourth-order valence-electron chi connectivity index (χ4n) is 3.36. The molecule has 1 amide bonds. The Hall–Kier alpha value is -0.850. The zero-order valence-corrected chi connectivity index (χ0v) is 16.3. The largest absolute Gasteiger partial charge is 0.375 e. The highest BCUT2D eigenvalue weighted by Crippen LogP contribution is 2.14. The molecule has 0 radical (unpaired) electrons. The van der Waals surface area contributed by atoms with Crippen LogP contribution in [0.25, 0.3) is 0 Å². The number of rotatable bonds is 5. The molecule has 2 aliphatic heterocycles. The summed E-state index contributed by atoms with van der Waals surface area (Å²) in [6.07, 6.45) is 2.54. The van der Waals surface area contributed by atoms with Crippen LogP contribution in [0.2, 0.25) is 0 Å². The number of benzene rings is 1. The Morgan fingerprint density at radius 2 is 2.00 bits per heavy atom. The van der Waals surface area contributed by atoms with Crippen LogP contribution in [0.5, 0.6) is 0 Å². The van der Waals surface area contributed by atoms with Crippen molar-refractivity contribution >= 4 is 30.7 Å². The maximum atomic E-state index is 12.3. The predicted octanol–water partition coefficient (Wildman–Crippen LogP) is 2.12. The molecule has 1 aromatic carbocycles. The van der Waals surface area contributed by atoms with Crippen molar-refractivity contribution in [2.24, 2.45) is 0 Å². The van der Waals surface area contributed by atoms with Gasteiger partial charge in [-0.15, -0.1) is 24.8 Å². The molecule has 0 saturated carbocycles. The maximum Gasteiger partial charge on any atom is 0.240 e. The van der Waals surface area contributed by atoms with E-state index in [4.69, 9.17) is 4.74 Å². The van der Waals surface area contributed by atoms with Crippen LogP contribution in [0, 0.1) is 0 Å². The second kappa shape index (κ2) is 11.0. The standard InChI is InChI=1S/C18H27N3O2.2ClH/c1-14-17(19-7-10-23-14)18(22)20-12-15-5-4-6-16(11-15)13-21-8-2-3-9-21;;/h4-6,11,14,17,19H,2-3,7-10,12-13H2,1H3,(H,20,22);2*1H/t14-,17+;;/m1../s1. The molecule has 2 saturated heterocycles. The molecule has 0 aliphatic carbocycles. The maximum absolute atomic E-state index is 12.3. The van der Waals surface area contributed by atoms with Crippen LogP contribution in [-0.4, -0.2) is 49.2 Å². The van der Waals surface area contributed by atoms with E-state index in [2.05, 4.69) is 39.8 Å². The third-order valence-electron chi connectivity index (χ3n) is 4.66. The highest BCUT2D eigenvalue weighted by Gasteiger charge is 2.27. The van der Waals surface area contributed by atoms with Crippen molar-refractivity contribution in [3.05, 3.63) is 35.4 Å². The van der Waals surface area contributed by atoms with Crippen molar-refractivity contribution in [1.29, 1.82) is 0 Å². The van der Waals surface area contributed by atoms with Gasteiger partial charge in [0, 0.05) is 19.6 Å². The van der Waals surface area contributed by atoms with Crippen molar-refractivity contribution in [3.63, 3.8) is 0 Å². The number of ether oxygens (including phenoxy) is 1. The first-order chi connectivity index (χ1) is 11.2. The third-order valence-corrected chi connectivity index (χ3v) is 4.66. The van der Waals surface area contributed by atoms with Crippen molar-refractivity contribution in [2.45, 2.75) is 45.0 Å². The smallest absolute Gasteiger partial charge is 0.240 e. The minimum Gasteiger partial charge on any atom is -0.375 e. The second-order valence-corrected chi connectivity index (χ2v) is 6.53. The summed E-state index contributed by atoms with van der Waals surface area (Å²) in [7, 11) is 0. The van der Waals surface area contributed by atoms with Gasteiger partial charge < -0.3 is 15.4 Å². The zero-order valence-electron chi connectivity index (χ0n) is 14.7. The van der Waals surface area contributed by atoms with Gasteiger partial charge in [0.1, 0.15) is 6.04 Å².